The number of para-hydroxylation sites is 1. The maximum atomic E-state index is 12.9. The van der Waals surface area contributed by atoms with Crippen LogP contribution in [-0.2, 0) is 10.0 Å². The fourth-order valence-electron chi connectivity index (χ4n) is 4.05. The van der Waals surface area contributed by atoms with E-state index in [4.69, 9.17) is 0 Å². The second-order valence-electron chi connectivity index (χ2n) is 8.38. The topological polar surface area (TPSA) is 91.1 Å². The molecule has 1 atom stereocenters. The number of nitrogens with one attached hydrogen (secondary N) is 3. The zero-order valence-electron chi connectivity index (χ0n) is 18.0. The molecule has 0 spiro atoms. The molecule has 4 aromatic rings. The molecule has 1 saturated carbocycles. The summed E-state index contributed by atoms with van der Waals surface area (Å²) >= 11 is 0. The molecule has 1 unspecified atom stereocenters. The Morgan fingerprint density at radius 3 is 2.36 bits per heavy atom. The highest BCUT2D eigenvalue weighted by atomic mass is 32.2. The monoisotopic (exact) mass is 459 g/mol. The number of benzene rings is 3. The van der Waals surface area contributed by atoms with Crippen molar-refractivity contribution in [2.75, 3.05) is 6.54 Å². The van der Waals surface area contributed by atoms with E-state index in [2.05, 4.69) is 33.2 Å². The number of aromatic nitrogens is 1. The van der Waals surface area contributed by atoms with Gasteiger partial charge in [0.15, 0.2) is 0 Å². The lowest BCUT2D eigenvalue weighted by Gasteiger charge is -2.18. The van der Waals surface area contributed by atoms with Crippen LogP contribution in [0.1, 0.15) is 40.2 Å². The van der Waals surface area contributed by atoms with Crippen LogP contribution in [0.15, 0.2) is 90.0 Å². The average Bonchev–Trinajstić information content (AvgIpc) is 3.55. The van der Waals surface area contributed by atoms with E-state index in [9.17, 15) is 13.2 Å². The number of carbonyl (C=O) groups is 1. The van der Waals surface area contributed by atoms with Crippen molar-refractivity contribution in [2.24, 2.45) is 0 Å². The van der Waals surface area contributed by atoms with Crippen LogP contribution in [0.3, 0.4) is 0 Å². The van der Waals surface area contributed by atoms with Gasteiger partial charge in [-0.25, -0.2) is 13.1 Å². The van der Waals surface area contributed by atoms with Crippen molar-refractivity contribution in [3.05, 3.63) is 102 Å². The summed E-state index contributed by atoms with van der Waals surface area (Å²) in [5.41, 5.74) is 3.70. The number of carbonyl (C=O) groups excluding carboxylic acids is 1. The Hall–Kier alpha value is -3.42. The number of amides is 1. The number of hydrogen-bond donors (Lipinski definition) is 3. The summed E-state index contributed by atoms with van der Waals surface area (Å²) in [5.74, 6) is -0.274. The normalized spacial score (nSPS) is 14.8. The fourth-order valence-corrected chi connectivity index (χ4v) is 5.35. The molecular formula is C26H25N3O3S. The van der Waals surface area contributed by atoms with Crippen molar-refractivity contribution < 1.29 is 13.2 Å². The van der Waals surface area contributed by atoms with E-state index in [-0.39, 0.29) is 22.8 Å². The number of rotatable bonds is 8. The minimum Gasteiger partial charge on any atom is -0.361 e. The molecular weight excluding hydrogens is 434 g/mol. The molecule has 1 fully saturated rings. The van der Waals surface area contributed by atoms with Crippen molar-refractivity contribution in [3.8, 4) is 0 Å². The largest absolute Gasteiger partial charge is 0.361 e. The third-order valence-corrected chi connectivity index (χ3v) is 7.53. The summed E-state index contributed by atoms with van der Waals surface area (Å²) in [6.07, 6.45) is 3.75. The number of fused-ring (bicyclic) bond motifs is 1. The van der Waals surface area contributed by atoms with Gasteiger partial charge in [-0.2, -0.15) is 0 Å². The van der Waals surface area contributed by atoms with Gasteiger partial charge in [-0.1, -0.05) is 48.5 Å². The molecule has 0 bridgehead atoms. The highest BCUT2D eigenvalue weighted by molar-refractivity contribution is 7.89. The molecule has 0 saturated heterocycles. The Morgan fingerprint density at radius 1 is 0.939 bits per heavy atom. The molecule has 1 amide bonds. The summed E-state index contributed by atoms with van der Waals surface area (Å²) in [6.45, 7) is 0.411. The van der Waals surface area contributed by atoms with Crippen molar-refractivity contribution in [3.63, 3.8) is 0 Å². The van der Waals surface area contributed by atoms with E-state index in [0.29, 0.717) is 12.1 Å². The summed E-state index contributed by atoms with van der Waals surface area (Å²) in [6, 6.07) is 24.3. The van der Waals surface area contributed by atoms with E-state index in [1.165, 1.54) is 12.1 Å². The lowest BCUT2D eigenvalue weighted by atomic mass is 9.91. The second kappa shape index (κ2) is 8.84. The number of sulfonamides is 1. The summed E-state index contributed by atoms with van der Waals surface area (Å²) in [5, 5.41) is 4.16. The third-order valence-electron chi connectivity index (χ3n) is 5.99. The molecule has 1 aliphatic carbocycles. The number of aromatic amines is 1. The molecule has 3 N–H and O–H groups in total. The first-order valence-corrected chi connectivity index (χ1v) is 12.5. The van der Waals surface area contributed by atoms with Crippen LogP contribution in [0.5, 0.6) is 0 Å². The van der Waals surface area contributed by atoms with Gasteiger partial charge in [0.1, 0.15) is 0 Å². The van der Waals surface area contributed by atoms with E-state index in [1.807, 2.05) is 42.6 Å². The fraction of sp³-hybridized carbons (Fsp3) is 0.192. The van der Waals surface area contributed by atoms with Gasteiger partial charge in [-0.3, -0.25) is 4.79 Å². The van der Waals surface area contributed by atoms with Gasteiger partial charge >= 0.3 is 0 Å². The van der Waals surface area contributed by atoms with Crippen LogP contribution >= 0.6 is 0 Å². The van der Waals surface area contributed by atoms with Crippen molar-refractivity contribution in [1.82, 2.24) is 15.0 Å². The molecule has 6 nitrogen and oxygen atoms in total. The summed E-state index contributed by atoms with van der Waals surface area (Å²) < 4.78 is 27.4. The molecule has 0 radical (unpaired) electrons. The quantitative estimate of drug-likeness (QED) is 0.369. The van der Waals surface area contributed by atoms with Gasteiger partial charge in [0.25, 0.3) is 5.91 Å². The average molecular weight is 460 g/mol. The molecule has 1 aromatic heterocycles. The van der Waals surface area contributed by atoms with Crippen LogP contribution in [0.2, 0.25) is 0 Å². The Balaban J connectivity index is 1.34. The standard InChI is InChI=1S/C26H25N3O3S/c30-26(19-10-14-21(15-11-19)33(31,32)29-20-12-13-20)28-16-23(18-6-2-1-3-7-18)24-17-27-25-9-5-4-8-22(24)25/h1-11,14-15,17,20,23,27,29H,12-13,16H2,(H,28,30). The highest BCUT2D eigenvalue weighted by Crippen LogP contribution is 2.30. The second-order valence-corrected chi connectivity index (χ2v) is 10.1. The Kier molecular flexibility index (Phi) is 5.74. The van der Waals surface area contributed by atoms with Crippen LogP contribution in [0.4, 0.5) is 0 Å². The van der Waals surface area contributed by atoms with E-state index in [1.54, 1.807) is 12.1 Å². The highest BCUT2D eigenvalue weighted by Gasteiger charge is 2.28. The third kappa shape index (κ3) is 4.69. The minimum absolute atomic E-state index is 0.0336. The van der Waals surface area contributed by atoms with Crippen LogP contribution in [0.25, 0.3) is 10.9 Å². The minimum atomic E-state index is -3.54. The lowest BCUT2D eigenvalue weighted by Crippen LogP contribution is -2.29. The molecule has 1 aliphatic rings. The zero-order chi connectivity index (χ0) is 22.8. The molecule has 0 aliphatic heterocycles. The number of H-pyrrole nitrogens is 1. The first-order chi connectivity index (χ1) is 16.0. The molecule has 5 rings (SSSR count). The van der Waals surface area contributed by atoms with Crippen molar-refractivity contribution in [2.45, 2.75) is 29.7 Å². The predicted molar refractivity (Wildman–Crippen MR) is 129 cm³/mol. The SMILES string of the molecule is O=C(NCC(c1ccccc1)c1c[nH]c2ccccc12)c1ccc(S(=O)(=O)NC2CC2)cc1. The number of hydrogen-bond acceptors (Lipinski definition) is 3. The molecule has 33 heavy (non-hydrogen) atoms. The van der Waals surface area contributed by atoms with Gasteiger partial charge < -0.3 is 10.3 Å². The van der Waals surface area contributed by atoms with Crippen LogP contribution < -0.4 is 10.0 Å². The Labute approximate surface area is 193 Å². The van der Waals surface area contributed by atoms with Gasteiger partial charge in [0.2, 0.25) is 10.0 Å². The predicted octanol–water partition coefficient (Wildman–Crippen LogP) is 4.17. The van der Waals surface area contributed by atoms with E-state index >= 15 is 0 Å². The maximum Gasteiger partial charge on any atom is 0.251 e. The van der Waals surface area contributed by atoms with E-state index < -0.39 is 10.0 Å². The van der Waals surface area contributed by atoms with Crippen LogP contribution in [0, 0.1) is 0 Å². The molecule has 168 valence electrons. The van der Waals surface area contributed by atoms with Gasteiger partial charge in [-0.05, 0) is 54.3 Å². The first kappa shape index (κ1) is 21.4. The molecule has 7 heteroatoms. The zero-order valence-corrected chi connectivity index (χ0v) is 18.8. The van der Waals surface area contributed by atoms with Crippen molar-refractivity contribution in [1.29, 1.82) is 0 Å². The molecule has 1 heterocycles. The smallest absolute Gasteiger partial charge is 0.251 e. The van der Waals surface area contributed by atoms with Gasteiger partial charge in [-0.15, -0.1) is 0 Å². The van der Waals surface area contributed by atoms with E-state index in [0.717, 1.165) is 34.9 Å². The van der Waals surface area contributed by atoms with Crippen molar-refractivity contribution >= 4 is 26.8 Å². The Morgan fingerprint density at radius 2 is 1.64 bits per heavy atom. The lowest BCUT2D eigenvalue weighted by molar-refractivity contribution is 0.0952. The first-order valence-electron chi connectivity index (χ1n) is 11.0. The van der Waals surface area contributed by atoms with Gasteiger partial charge in [0, 0.05) is 41.2 Å². The molecule has 3 aromatic carbocycles. The summed E-state index contributed by atoms with van der Waals surface area (Å²) in [7, 11) is -3.54. The summed E-state index contributed by atoms with van der Waals surface area (Å²) in [4.78, 5) is 16.4. The maximum absolute atomic E-state index is 12.9. The van der Waals surface area contributed by atoms with Crippen LogP contribution in [-0.4, -0.2) is 31.9 Å². The van der Waals surface area contributed by atoms with Gasteiger partial charge in [0.05, 0.1) is 4.90 Å². The Bertz CT molecular complexity index is 1380.